The Labute approximate surface area is 119 Å². The van der Waals surface area contributed by atoms with Gasteiger partial charge in [-0.25, -0.2) is 4.98 Å². The number of halogens is 2. The van der Waals surface area contributed by atoms with E-state index in [4.69, 9.17) is 16.3 Å². The minimum Gasteiger partial charge on any atom is -0.381 e. The van der Waals surface area contributed by atoms with Gasteiger partial charge < -0.3 is 9.64 Å². The molecule has 98 valence electrons. The first-order chi connectivity index (χ1) is 8.59. The Hall–Kier alpha value is -0.650. The molecule has 6 heteroatoms. The Kier molecular flexibility index (Phi) is 4.59. The summed E-state index contributed by atoms with van der Waals surface area (Å²) in [5.74, 6) is -0.0966. The van der Waals surface area contributed by atoms with Crippen LogP contribution in [0.15, 0.2) is 16.7 Å². The second-order valence-electron chi connectivity index (χ2n) is 4.25. The van der Waals surface area contributed by atoms with Crippen molar-refractivity contribution in [3.8, 4) is 0 Å². The molecular weight excluding hydrogens is 320 g/mol. The lowest BCUT2D eigenvalue weighted by molar-refractivity contribution is 0.0362. The fourth-order valence-electron chi connectivity index (χ4n) is 2.00. The molecule has 0 bridgehead atoms. The zero-order valence-electron chi connectivity index (χ0n) is 10.0. The maximum atomic E-state index is 12.4. The Morgan fingerprint density at radius 1 is 1.56 bits per heavy atom. The number of nitrogens with zero attached hydrogens (tertiary/aromatic N) is 2. The summed E-state index contributed by atoms with van der Waals surface area (Å²) in [5.41, 5.74) is 0.431. The van der Waals surface area contributed by atoms with Crippen molar-refractivity contribution in [1.82, 2.24) is 9.88 Å². The summed E-state index contributed by atoms with van der Waals surface area (Å²) >= 11 is 9.27. The quantitative estimate of drug-likeness (QED) is 0.782. The highest BCUT2D eigenvalue weighted by atomic mass is 79.9. The molecule has 2 heterocycles. The SMILES string of the molecule is CN(C(=O)c1cc(Br)cnc1Cl)C1CCOCC1. The first kappa shape index (κ1) is 13.8. The van der Waals surface area contributed by atoms with Crippen LogP contribution in [-0.4, -0.2) is 42.1 Å². The van der Waals surface area contributed by atoms with Gasteiger partial charge in [0.15, 0.2) is 0 Å². The Morgan fingerprint density at radius 2 is 2.22 bits per heavy atom. The van der Waals surface area contributed by atoms with E-state index in [0.717, 1.165) is 17.3 Å². The second-order valence-corrected chi connectivity index (χ2v) is 5.53. The number of hydrogen-bond acceptors (Lipinski definition) is 3. The predicted octanol–water partition coefficient (Wildman–Crippen LogP) is 2.75. The number of ether oxygens (including phenoxy) is 1. The van der Waals surface area contributed by atoms with Gasteiger partial charge in [0.05, 0.1) is 5.56 Å². The van der Waals surface area contributed by atoms with Crippen molar-refractivity contribution in [1.29, 1.82) is 0 Å². The van der Waals surface area contributed by atoms with Crippen molar-refractivity contribution in [2.45, 2.75) is 18.9 Å². The van der Waals surface area contributed by atoms with Crippen molar-refractivity contribution in [2.75, 3.05) is 20.3 Å². The van der Waals surface area contributed by atoms with Crippen LogP contribution in [0.1, 0.15) is 23.2 Å². The van der Waals surface area contributed by atoms with Gasteiger partial charge in [0.25, 0.3) is 5.91 Å². The molecule has 0 N–H and O–H groups in total. The van der Waals surface area contributed by atoms with Gasteiger partial charge in [0, 0.05) is 37.0 Å². The monoisotopic (exact) mass is 332 g/mol. The third-order valence-corrected chi connectivity index (χ3v) is 3.83. The first-order valence-corrected chi connectivity index (χ1v) is 6.92. The normalized spacial score (nSPS) is 16.6. The van der Waals surface area contributed by atoms with Crippen molar-refractivity contribution in [3.63, 3.8) is 0 Å². The van der Waals surface area contributed by atoms with E-state index in [1.807, 2.05) is 0 Å². The first-order valence-electron chi connectivity index (χ1n) is 5.75. The third-order valence-electron chi connectivity index (χ3n) is 3.10. The van der Waals surface area contributed by atoms with E-state index in [-0.39, 0.29) is 17.1 Å². The lowest BCUT2D eigenvalue weighted by Crippen LogP contribution is -2.40. The standard InChI is InChI=1S/C12H14BrClN2O2/c1-16(9-2-4-18-5-3-9)12(17)10-6-8(13)7-15-11(10)14/h6-7,9H,2-5H2,1H3. The minimum absolute atomic E-state index is 0.0966. The largest absolute Gasteiger partial charge is 0.381 e. The van der Waals surface area contributed by atoms with E-state index in [9.17, 15) is 4.79 Å². The number of rotatable bonds is 2. The summed E-state index contributed by atoms with van der Waals surface area (Å²) < 4.78 is 6.04. The van der Waals surface area contributed by atoms with Crippen molar-refractivity contribution >= 4 is 33.4 Å². The predicted molar refractivity (Wildman–Crippen MR) is 72.9 cm³/mol. The van der Waals surface area contributed by atoms with Gasteiger partial charge in [-0.05, 0) is 34.8 Å². The van der Waals surface area contributed by atoms with Gasteiger partial charge in [0.2, 0.25) is 0 Å². The molecule has 1 amide bonds. The number of amides is 1. The molecule has 1 aromatic rings. The Balaban J connectivity index is 2.16. The number of pyridine rings is 1. The Morgan fingerprint density at radius 3 is 2.89 bits per heavy atom. The minimum atomic E-state index is -0.0966. The molecule has 0 unspecified atom stereocenters. The lowest BCUT2D eigenvalue weighted by atomic mass is 10.1. The van der Waals surface area contributed by atoms with Crippen LogP contribution < -0.4 is 0 Å². The molecule has 1 saturated heterocycles. The van der Waals surface area contributed by atoms with Crippen LogP contribution in [0.5, 0.6) is 0 Å². The molecule has 4 nitrogen and oxygen atoms in total. The van der Waals surface area contributed by atoms with Crippen LogP contribution >= 0.6 is 27.5 Å². The highest BCUT2D eigenvalue weighted by Crippen LogP contribution is 2.22. The average molecular weight is 334 g/mol. The molecule has 1 fully saturated rings. The molecular formula is C12H14BrClN2O2. The fourth-order valence-corrected chi connectivity index (χ4v) is 2.52. The van der Waals surface area contributed by atoms with E-state index in [1.165, 1.54) is 0 Å². The molecule has 0 spiro atoms. The summed E-state index contributed by atoms with van der Waals surface area (Å²) in [7, 11) is 1.80. The third kappa shape index (κ3) is 3.02. The van der Waals surface area contributed by atoms with Crippen LogP contribution in [-0.2, 0) is 4.74 Å². The van der Waals surface area contributed by atoms with Crippen molar-refractivity contribution in [2.24, 2.45) is 0 Å². The molecule has 2 rings (SSSR count). The second kappa shape index (κ2) is 5.99. The summed E-state index contributed by atoms with van der Waals surface area (Å²) in [4.78, 5) is 18.1. The molecule has 1 aromatic heterocycles. The summed E-state index contributed by atoms with van der Waals surface area (Å²) in [6.45, 7) is 1.40. The van der Waals surface area contributed by atoms with Gasteiger partial charge in [0.1, 0.15) is 5.15 Å². The number of carbonyl (C=O) groups is 1. The van der Waals surface area contributed by atoms with Gasteiger partial charge >= 0.3 is 0 Å². The Bertz CT molecular complexity index is 450. The zero-order chi connectivity index (χ0) is 13.1. The van der Waals surface area contributed by atoms with Crippen LogP contribution in [0.25, 0.3) is 0 Å². The van der Waals surface area contributed by atoms with Gasteiger partial charge in [-0.1, -0.05) is 11.6 Å². The van der Waals surface area contributed by atoms with E-state index in [1.54, 1.807) is 24.2 Å². The molecule has 0 aliphatic carbocycles. The van der Waals surface area contributed by atoms with E-state index >= 15 is 0 Å². The number of carbonyl (C=O) groups excluding carboxylic acids is 1. The van der Waals surface area contributed by atoms with Crippen LogP contribution in [0.4, 0.5) is 0 Å². The van der Waals surface area contributed by atoms with Crippen LogP contribution in [0.3, 0.4) is 0 Å². The molecule has 0 aromatic carbocycles. The van der Waals surface area contributed by atoms with Gasteiger partial charge in [-0.3, -0.25) is 4.79 Å². The summed E-state index contributed by atoms with van der Waals surface area (Å²) in [6.07, 6.45) is 3.30. The summed E-state index contributed by atoms with van der Waals surface area (Å²) in [5, 5.41) is 0.238. The molecule has 1 aliphatic rings. The van der Waals surface area contributed by atoms with E-state index < -0.39 is 0 Å². The molecule has 18 heavy (non-hydrogen) atoms. The number of aromatic nitrogens is 1. The molecule has 0 radical (unpaired) electrons. The van der Waals surface area contributed by atoms with Crippen molar-refractivity contribution < 1.29 is 9.53 Å². The fraction of sp³-hybridized carbons (Fsp3) is 0.500. The average Bonchev–Trinajstić information content (AvgIpc) is 2.41. The molecule has 1 aliphatic heterocycles. The van der Waals surface area contributed by atoms with E-state index in [0.29, 0.717) is 18.8 Å². The van der Waals surface area contributed by atoms with Crippen LogP contribution in [0.2, 0.25) is 5.15 Å². The van der Waals surface area contributed by atoms with Crippen molar-refractivity contribution in [3.05, 3.63) is 27.5 Å². The zero-order valence-corrected chi connectivity index (χ0v) is 12.4. The topological polar surface area (TPSA) is 42.4 Å². The van der Waals surface area contributed by atoms with Gasteiger partial charge in [-0.2, -0.15) is 0 Å². The molecule has 0 saturated carbocycles. The lowest BCUT2D eigenvalue weighted by Gasteiger charge is -2.31. The maximum Gasteiger partial charge on any atom is 0.257 e. The smallest absolute Gasteiger partial charge is 0.257 e. The highest BCUT2D eigenvalue weighted by Gasteiger charge is 2.25. The number of hydrogen-bond donors (Lipinski definition) is 0. The van der Waals surface area contributed by atoms with E-state index in [2.05, 4.69) is 20.9 Å². The summed E-state index contributed by atoms with van der Waals surface area (Å²) in [6, 6.07) is 1.91. The molecule has 0 atom stereocenters. The van der Waals surface area contributed by atoms with Crippen LogP contribution in [0, 0.1) is 0 Å². The highest BCUT2D eigenvalue weighted by molar-refractivity contribution is 9.10. The maximum absolute atomic E-state index is 12.4. The van der Waals surface area contributed by atoms with Gasteiger partial charge in [-0.15, -0.1) is 0 Å².